The zero-order valence-corrected chi connectivity index (χ0v) is 38.1. The van der Waals surface area contributed by atoms with Gasteiger partial charge in [-0.25, -0.2) is 0 Å². The maximum absolute atomic E-state index is 14.7. The first-order valence-electron chi connectivity index (χ1n) is 22.3. The van der Waals surface area contributed by atoms with Gasteiger partial charge in [0.15, 0.2) is 0 Å². The molecule has 5 rings (SSSR count). The Labute approximate surface area is 385 Å². The third-order valence-corrected chi connectivity index (χ3v) is 11.1. The average Bonchev–Trinajstić information content (AvgIpc) is 3.31. The number of carbonyl (C=O) groups is 5. The highest BCUT2D eigenvalue weighted by Crippen LogP contribution is 2.40. The first-order valence-corrected chi connectivity index (χ1v) is 22.3. The Hall–Kier alpha value is -6.81. The van der Waals surface area contributed by atoms with E-state index in [-0.39, 0.29) is 57.8 Å². The number of amides is 5. The Morgan fingerprint density at radius 2 is 1.59 bits per heavy atom. The number of aromatic nitrogens is 1. The summed E-state index contributed by atoms with van der Waals surface area (Å²) in [7, 11) is 1.42. The van der Waals surface area contributed by atoms with E-state index in [2.05, 4.69) is 33.2 Å². The second kappa shape index (κ2) is 24.5. The number of likely N-dealkylation sites (N-methyl/N-ethyl adjacent to an activating group) is 1. The number of aryl methyl sites for hydroxylation is 1. The fourth-order valence-corrected chi connectivity index (χ4v) is 7.65. The minimum Gasteiger partial charge on any atom is -0.494 e. The molecule has 1 aliphatic heterocycles. The van der Waals surface area contributed by atoms with Crippen LogP contribution < -0.4 is 52.7 Å². The summed E-state index contributed by atoms with van der Waals surface area (Å²) in [6, 6.07) is 14.3. The summed E-state index contributed by atoms with van der Waals surface area (Å²) in [6.45, 7) is 6.25. The fourth-order valence-electron chi connectivity index (χ4n) is 7.65. The summed E-state index contributed by atoms with van der Waals surface area (Å²) in [5, 5.41) is 20.6. The van der Waals surface area contributed by atoms with Crippen molar-refractivity contribution in [3.8, 4) is 34.4 Å². The van der Waals surface area contributed by atoms with Gasteiger partial charge >= 0.3 is 0 Å². The number of nitrogens with two attached hydrogens (primary N) is 3. The van der Waals surface area contributed by atoms with E-state index in [0.29, 0.717) is 62.7 Å². The average molecular weight is 907 g/mol. The number of pyridine rings is 1. The normalized spacial score (nSPS) is 16.4. The smallest absolute Gasteiger partial charge is 0.253 e. The first kappa shape index (κ1) is 50.2. The Bertz CT molecular complexity index is 2410. The Kier molecular flexibility index (Phi) is 18.6. The van der Waals surface area contributed by atoms with Crippen LogP contribution in [0.1, 0.15) is 79.2 Å². The lowest BCUT2D eigenvalue weighted by Crippen LogP contribution is -2.56. The van der Waals surface area contributed by atoms with Crippen LogP contribution in [0, 0.1) is 18.3 Å². The van der Waals surface area contributed by atoms with Crippen LogP contribution in [0.4, 0.5) is 0 Å². The standard InChI is InChI=1S/C48H62N10O8/c1-5-6-7-8-21-64-34-11-12-38-33(26-34)28-35(29(2)54-38)45(60)56-39(15-16-49)48(63)58(4)43-32-10-14-42(66-23-19-52)37(27-32)36-24-31(9-13-41(36)65-22-18-51)25-40(46(61)53-20-17-50)57-44(59)30(3)55-47(43)62/h9-14,24,26-28,30,39-40,43H,5-8,15-16,18-23,25,49,51-52H2,1-4H3,(H,53,61)(H,55,62)(H,56,60)(H,57,59)/t30-,39-,40-,43-/m0/s1. The predicted octanol–water partition coefficient (Wildman–Crippen LogP) is 2.68. The minimum absolute atomic E-state index is 0.00404. The van der Waals surface area contributed by atoms with Crippen LogP contribution in [0.2, 0.25) is 0 Å². The van der Waals surface area contributed by atoms with Crippen LogP contribution in [0.5, 0.6) is 17.2 Å². The molecule has 0 aliphatic carbocycles. The molecular weight excluding hydrogens is 845 g/mol. The number of nitriles is 1. The molecule has 18 nitrogen and oxygen atoms in total. The highest BCUT2D eigenvalue weighted by molar-refractivity contribution is 6.02. The lowest BCUT2D eigenvalue weighted by Gasteiger charge is -2.32. The summed E-state index contributed by atoms with van der Waals surface area (Å²) in [5.41, 5.74) is 20.9. The van der Waals surface area contributed by atoms with Crippen LogP contribution >= 0.6 is 0 Å². The third kappa shape index (κ3) is 12.9. The van der Waals surface area contributed by atoms with E-state index in [4.69, 9.17) is 31.4 Å². The summed E-state index contributed by atoms with van der Waals surface area (Å²) >= 11 is 0. The van der Waals surface area contributed by atoms with Gasteiger partial charge in [-0.05, 0) is 92.9 Å². The van der Waals surface area contributed by atoms with Crippen LogP contribution in [0.15, 0.2) is 60.7 Å². The van der Waals surface area contributed by atoms with Crippen LogP contribution in [0.3, 0.4) is 0 Å². The van der Waals surface area contributed by atoms with Gasteiger partial charge in [0, 0.05) is 43.1 Å². The van der Waals surface area contributed by atoms with Gasteiger partial charge in [0.25, 0.3) is 5.91 Å². The van der Waals surface area contributed by atoms with E-state index in [1.54, 1.807) is 49.4 Å². The molecular formula is C48H62N10O8. The van der Waals surface area contributed by atoms with Crippen LogP contribution in [-0.4, -0.2) is 111 Å². The highest BCUT2D eigenvalue weighted by atomic mass is 16.5. The molecule has 0 saturated heterocycles. The van der Waals surface area contributed by atoms with Crippen LogP contribution in [-0.2, 0) is 25.6 Å². The molecule has 3 aromatic carbocycles. The van der Waals surface area contributed by atoms with E-state index in [1.165, 1.54) is 18.9 Å². The number of nitrogens with zero attached hydrogens (tertiary/aromatic N) is 3. The van der Waals surface area contributed by atoms with E-state index in [1.807, 2.05) is 24.3 Å². The van der Waals surface area contributed by atoms with E-state index >= 15 is 0 Å². The van der Waals surface area contributed by atoms with E-state index in [0.717, 1.165) is 25.7 Å². The molecule has 0 fully saturated rings. The Balaban J connectivity index is 1.55. The molecule has 4 atom stereocenters. The quantitative estimate of drug-likeness (QED) is 0.0497. The van der Waals surface area contributed by atoms with Crippen molar-refractivity contribution in [3.63, 3.8) is 0 Å². The number of ether oxygens (including phenoxy) is 3. The molecule has 4 bridgehead atoms. The number of hydrogen-bond donors (Lipinski definition) is 7. The van der Waals surface area contributed by atoms with Crippen molar-refractivity contribution in [1.29, 1.82) is 5.26 Å². The molecule has 0 spiro atoms. The van der Waals surface area contributed by atoms with Crippen molar-refractivity contribution in [3.05, 3.63) is 83.0 Å². The third-order valence-electron chi connectivity index (χ3n) is 11.1. The van der Waals surface area contributed by atoms with Gasteiger partial charge in [0.1, 0.15) is 61.2 Å². The van der Waals surface area contributed by atoms with Crippen LogP contribution in [0.25, 0.3) is 22.0 Å². The maximum atomic E-state index is 14.7. The number of carbonyl (C=O) groups excluding carboxylic acids is 5. The van der Waals surface area contributed by atoms with Gasteiger partial charge in [0.05, 0.1) is 29.5 Å². The van der Waals surface area contributed by atoms with Gasteiger partial charge in [-0.3, -0.25) is 29.0 Å². The van der Waals surface area contributed by atoms with Gasteiger partial charge in [-0.15, -0.1) is 0 Å². The summed E-state index contributed by atoms with van der Waals surface area (Å²) in [4.78, 5) is 76.4. The second-order valence-corrected chi connectivity index (χ2v) is 16.1. The summed E-state index contributed by atoms with van der Waals surface area (Å²) < 4.78 is 18.2. The lowest BCUT2D eigenvalue weighted by atomic mass is 9.93. The molecule has 4 aromatic rings. The van der Waals surface area contributed by atoms with E-state index < -0.39 is 53.7 Å². The largest absolute Gasteiger partial charge is 0.494 e. The number of fused-ring (bicyclic) bond motifs is 6. The van der Waals surface area contributed by atoms with Crippen molar-refractivity contribution in [2.24, 2.45) is 17.2 Å². The molecule has 66 heavy (non-hydrogen) atoms. The Morgan fingerprint density at radius 3 is 2.27 bits per heavy atom. The molecule has 0 unspecified atom stereocenters. The number of hydrogen-bond acceptors (Lipinski definition) is 13. The summed E-state index contributed by atoms with van der Waals surface area (Å²) in [5.74, 6) is -1.86. The number of rotatable bonds is 20. The zero-order chi connectivity index (χ0) is 47.8. The highest BCUT2D eigenvalue weighted by Gasteiger charge is 2.36. The summed E-state index contributed by atoms with van der Waals surface area (Å²) in [6.07, 6.45) is 4.26. The SMILES string of the molecule is CCCCCCOc1ccc2nc(C)c(C(=O)N[C@@H](CCN)C(=O)N(C)[C@@H]3C(=O)N[C@@H](C)C(=O)N[C@H](C(=O)NCC#N)Cc4ccc(OCCN)c(c4)-c4cc3ccc4OCCN)cc2c1. The molecule has 5 amide bonds. The molecule has 10 N–H and O–H groups in total. The minimum atomic E-state index is -1.40. The fraction of sp³-hybridized carbons (Fsp3) is 0.438. The Morgan fingerprint density at radius 1 is 0.879 bits per heavy atom. The molecule has 1 aromatic heterocycles. The van der Waals surface area contributed by atoms with Gasteiger partial charge in [0.2, 0.25) is 23.6 Å². The first-order chi connectivity index (χ1) is 31.8. The molecule has 1 aliphatic rings. The molecule has 0 radical (unpaired) electrons. The van der Waals surface area contributed by atoms with Crippen molar-refractivity contribution >= 4 is 40.4 Å². The topological polar surface area (TPSA) is 279 Å². The van der Waals surface area contributed by atoms with Crippen molar-refractivity contribution < 1.29 is 38.2 Å². The van der Waals surface area contributed by atoms with Gasteiger partial charge in [-0.1, -0.05) is 38.3 Å². The predicted molar refractivity (Wildman–Crippen MR) is 249 cm³/mol. The second-order valence-electron chi connectivity index (χ2n) is 16.1. The van der Waals surface area contributed by atoms with Gasteiger partial charge < -0.3 is 57.6 Å². The van der Waals surface area contributed by atoms with Crippen molar-refractivity contribution in [1.82, 2.24) is 31.2 Å². The van der Waals surface area contributed by atoms with E-state index in [9.17, 15) is 29.2 Å². The lowest BCUT2D eigenvalue weighted by molar-refractivity contribution is -0.141. The zero-order valence-electron chi connectivity index (χ0n) is 38.1. The molecule has 18 heteroatoms. The molecule has 2 heterocycles. The molecule has 352 valence electrons. The number of unbranched alkanes of at least 4 members (excludes halogenated alkanes) is 3. The maximum Gasteiger partial charge on any atom is 0.253 e. The number of nitrogens with one attached hydrogen (secondary N) is 4. The van der Waals surface area contributed by atoms with Gasteiger partial charge in [-0.2, -0.15) is 5.26 Å². The van der Waals surface area contributed by atoms with Crippen molar-refractivity contribution in [2.75, 3.05) is 53.0 Å². The monoisotopic (exact) mass is 906 g/mol. The molecule has 0 saturated carbocycles. The van der Waals surface area contributed by atoms with Crippen molar-refractivity contribution in [2.45, 2.75) is 83.5 Å². The number of benzene rings is 3.